The molecule has 0 N–H and O–H groups in total. The van der Waals surface area contributed by atoms with Crippen molar-refractivity contribution in [3.8, 4) is 5.75 Å². The Morgan fingerprint density at radius 3 is 2.34 bits per heavy atom. The van der Waals surface area contributed by atoms with Gasteiger partial charge >= 0.3 is 0 Å². The van der Waals surface area contributed by atoms with E-state index < -0.39 is 0 Å². The quantitative estimate of drug-likeness (QED) is 0.204. The summed E-state index contributed by atoms with van der Waals surface area (Å²) >= 11 is 9.54. The number of fused-ring (bicyclic) bond motifs is 1. The number of carbonyl (C=O) groups is 2. The zero-order chi connectivity index (χ0) is 22.7. The Labute approximate surface area is 199 Å². The van der Waals surface area contributed by atoms with E-state index in [1.807, 2.05) is 48.6 Å². The van der Waals surface area contributed by atoms with Crippen molar-refractivity contribution in [2.24, 2.45) is 0 Å². The zero-order valence-electron chi connectivity index (χ0n) is 17.1. The summed E-state index contributed by atoms with van der Waals surface area (Å²) in [7, 11) is 0. The molecule has 160 valence electrons. The highest BCUT2D eigenvalue weighted by atomic mass is 79.9. The molecule has 32 heavy (non-hydrogen) atoms. The van der Waals surface area contributed by atoms with Crippen LogP contribution in [0.5, 0.6) is 5.75 Å². The van der Waals surface area contributed by atoms with Gasteiger partial charge in [0.1, 0.15) is 12.4 Å². The molecule has 6 heteroatoms. The summed E-state index contributed by atoms with van der Waals surface area (Å²) in [5.41, 5.74) is 3.50. The van der Waals surface area contributed by atoms with Crippen LogP contribution in [0.4, 0.5) is 0 Å². The van der Waals surface area contributed by atoms with Gasteiger partial charge in [-0.3, -0.25) is 14.5 Å². The SMILES string of the molecule is C=CCOc1cc(C=Cc2ccc(Cl)cc2Br)cc(CN2C(=O)c3ccccc3C2=O)c1. The first kappa shape index (κ1) is 22.1. The third-order valence-electron chi connectivity index (χ3n) is 4.99. The second-order valence-electron chi connectivity index (χ2n) is 7.25. The molecule has 0 radical (unpaired) electrons. The largest absolute Gasteiger partial charge is 0.490 e. The lowest BCUT2D eigenvalue weighted by Crippen LogP contribution is -2.29. The van der Waals surface area contributed by atoms with Crippen LogP contribution < -0.4 is 4.74 Å². The molecule has 0 spiro atoms. The fourth-order valence-electron chi connectivity index (χ4n) is 3.50. The number of carbonyl (C=O) groups excluding carboxylic acids is 2. The minimum Gasteiger partial charge on any atom is -0.490 e. The van der Waals surface area contributed by atoms with Gasteiger partial charge in [-0.25, -0.2) is 0 Å². The number of nitrogens with zero attached hydrogens (tertiary/aromatic N) is 1. The molecule has 1 aliphatic heterocycles. The van der Waals surface area contributed by atoms with E-state index in [0.29, 0.717) is 28.5 Å². The van der Waals surface area contributed by atoms with Crippen molar-refractivity contribution in [2.45, 2.75) is 6.54 Å². The number of benzene rings is 3. The van der Waals surface area contributed by atoms with Gasteiger partial charge in [0.15, 0.2) is 0 Å². The van der Waals surface area contributed by atoms with Crippen LogP contribution in [0.25, 0.3) is 12.2 Å². The first-order valence-electron chi connectivity index (χ1n) is 9.92. The molecule has 4 rings (SSSR count). The van der Waals surface area contributed by atoms with Gasteiger partial charge in [0, 0.05) is 9.50 Å². The zero-order valence-corrected chi connectivity index (χ0v) is 19.4. The van der Waals surface area contributed by atoms with Gasteiger partial charge in [0.2, 0.25) is 0 Å². The van der Waals surface area contributed by atoms with Crippen molar-refractivity contribution in [2.75, 3.05) is 6.61 Å². The summed E-state index contributed by atoms with van der Waals surface area (Å²) in [6.45, 7) is 4.19. The van der Waals surface area contributed by atoms with Crippen LogP contribution >= 0.6 is 27.5 Å². The van der Waals surface area contributed by atoms with E-state index in [4.69, 9.17) is 16.3 Å². The molecule has 0 saturated heterocycles. The van der Waals surface area contributed by atoms with E-state index in [2.05, 4.69) is 22.5 Å². The third-order valence-corrected chi connectivity index (χ3v) is 5.92. The number of hydrogen-bond acceptors (Lipinski definition) is 3. The first-order chi connectivity index (χ1) is 15.5. The smallest absolute Gasteiger partial charge is 0.261 e. The maximum atomic E-state index is 12.8. The van der Waals surface area contributed by atoms with Crippen LogP contribution in [-0.2, 0) is 6.54 Å². The Balaban J connectivity index is 1.63. The van der Waals surface area contributed by atoms with Gasteiger partial charge in [-0.15, -0.1) is 0 Å². The van der Waals surface area contributed by atoms with Gasteiger partial charge < -0.3 is 4.74 Å². The summed E-state index contributed by atoms with van der Waals surface area (Å²) in [6.07, 6.45) is 5.57. The highest BCUT2D eigenvalue weighted by Crippen LogP contribution is 2.28. The summed E-state index contributed by atoms with van der Waals surface area (Å²) < 4.78 is 6.62. The molecule has 0 saturated carbocycles. The predicted molar refractivity (Wildman–Crippen MR) is 131 cm³/mol. The normalized spacial score (nSPS) is 13.0. The van der Waals surface area contributed by atoms with Crippen molar-refractivity contribution < 1.29 is 14.3 Å². The Morgan fingerprint density at radius 1 is 0.969 bits per heavy atom. The molecule has 0 fully saturated rings. The van der Waals surface area contributed by atoms with E-state index in [1.54, 1.807) is 30.3 Å². The molecule has 3 aromatic carbocycles. The highest BCUT2D eigenvalue weighted by molar-refractivity contribution is 9.10. The molecule has 0 atom stereocenters. The second kappa shape index (κ2) is 9.55. The fourth-order valence-corrected chi connectivity index (χ4v) is 4.31. The fraction of sp³-hybridized carbons (Fsp3) is 0.0769. The number of halogens is 2. The molecule has 1 heterocycles. The van der Waals surface area contributed by atoms with Crippen LogP contribution in [0.2, 0.25) is 5.02 Å². The van der Waals surface area contributed by atoms with Crippen molar-refractivity contribution in [1.82, 2.24) is 4.90 Å². The lowest BCUT2D eigenvalue weighted by molar-refractivity contribution is 0.0642. The predicted octanol–water partition coefficient (Wildman–Crippen LogP) is 6.63. The molecule has 0 unspecified atom stereocenters. The van der Waals surface area contributed by atoms with E-state index in [0.717, 1.165) is 21.2 Å². The van der Waals surface area contributed by atoms with Crippen LogP contribution in [-0.4, -0.2) is 23.3 Å². The van der Waals surface area contributed by atoms with Crippen LogP contribution in [0, 0.1) is 0 Å². The van der Waals surface area contributed by atoms with Gasteiger partial charge in [-0.1, -0.05) is 70.5 Å². The van der Waals surface area contributed by atoms with Gasteiger partial charge in [0.05, 0.1) is 17.7 Å². The van der Waals surface area contributed by atoms with Crippen molar-refractivity contribution >= 4 is 51.5 Å². The summed E-state index contributed by atoms with van der Waals surface area (Å²) in [6, 6.07) is 18.1. The molecule has 1 aliphatic rings. The summed E-state index contributed by atoms with van der Waals surface area (Å²) in [5, 5.41) is 0.650. The number of rotatable bonds is 7. The molecule has 0 aromatic heterocycles. The Bertz CT molecular complexity index is 1220. The maximum absolute atomic E-state index is 12.8. The average molecular weight is 509 g/mol. The molecule has 3 aromatic rings. The standard InChI is InChI=1S/C26H19BrClNO3/c1-2-11-32-21-13-17(7-8-19-9-10-20(28)15-24(19)27)12-18(14-21)16-29-25(30)22-5-3-4-6-23(22)26(29)31/h2-10,12-15H,1,11,16H2. The van der Waals surface area contributed by atoms with Gasteiger partial charge in [-0.2, -0.15) is 0 Å². The number of imide groups is 1. The van der Waals surface area contributed by atoms with E-state index >= 15 is 0 Å². The monoisotopic (exact) mass is 507 g/mol. The first-order valence-corrected chi connectivity index (χ1v) is 11.1. The van der Waals surface area contributed by atoms with E-state index in [-0.39, 0.29) is 18.4 Å². The topological polar surface area (TPSA) is 46.6 Å². The van der Waals surface area contributed by atoms with Crippen LogP contribution in [0.3, 0.4) is 0 Å². The lowest BCUT2D eigenvalue weighted by atomic mass is 10.1. The lowest BCUT2D eigenvalue weighted by Gasteiger charge is -2.15. The van der Waals surface area contributed by atoms with Crippen molar-refractivity contribution in [1.29, 1.82) is 0 Å². The third kappa shape index (κ3) is 4.69. The van der Waals surface area contributed by atoms with Gasteiger partial charge in [0.25, 0.3) is 11.8 Å². The number of ether oxygens (including phenoxy) is 1. The van der Waals surface area contributed by atoms with Gasteiger partial charge in [-0.05, 0) is 59.2 Å². The second-order valence-corrected chi connectivity index (χ2v) is 8.54. The van der Waals surface area contributed by atoms with Crippen molar-refractivity contribution in [3.63, 3.8) is 0 Å². The molecule has 0 aliphatic carbocycles. The number of amides is 2. The molecule has 4 nitrogen and oxygen atoms in total. The maximum Gasteiger partial charge on any atom is 0.261 e. The van der Waals surface area contributed by atoms with Crippen molar-refractivity contribution in [3.05, 3.63) is 111 Å². The highest BCUT2D eigenvalue weighted by Gasteiger charge is 2.35. The van der Waals surface area contributed by atoms with Crippen LogP contribution in [0.1, 0.15) is 37.4 Å². The number of hydrogen-bond donors (Lipinski definition) is 0. The minimum absolute atomic E-state index is 0.156. The molecule has 0 bridgehead atoms. The van der Waals surface area contributed by atoms with E-state index in [9.17, 15) is 9.59 Å². The summed E-state index contributed by atoms with van der Waals surface area (Å²) in [4.78, 5) is 26.8. The molecular weight excluding hydrogens is 490 g/mol. The average Bonchev–Trinajstić information content (AvgIpc) is 3.02. The Hall–Kier alpha value is -3.15. The van der Waals surface area contributed by atoms with Crippen LogP contribution in [0.15, 0.2) is 77.8 Å². The molecule has 2 amide bonds. The summed E-state index contributed by atoms with van der Waals surface area (Å²) in [5.74, 6) is 0.0595. The molecular formula is C26H19BrClNO3. The Kier molecular flexibility index (Phi) is 6.58. The minimum atomic E-state index is -0.287. The Morgan fingerprint density at radius 2 is 1.69 bits per heavy atom. The van der Waals surface area contributed by atoms with E-state index in [1.165, 1.54) is 4.90 Å².